The first-order chi connectivity index (χ1) is 19.3. The molecule has 0 spiro atoms. The van der Waals surface area contributed by atoms with Gasteiger partial charge in [0.2, 0.25) is 0 Å². The molecule has 2 fully saturated rings. The lowest BCUT2D eigenvalue weighted by Crippen LogP contribution is -2.60. The molecule has 12 heteroatoms. The van der Waals surface area contributed by atoms with Gasteiger partial charge >= 0.3 is 5.97 Å². The van der Waals surface area contributed by atoms with Gasteiger partial charge < -0.3 is 49.5 Å². The van der Waals surface area contributed by atoms with Crippen molar-refractivity contribution in [3.8, 4) is 0 Å². The Hall–Kier alpha value is -1.38. The van der Waals surface area contributed by atoms with Gasteiger partial charge in [-0.25, -0.2) is 0 Å². The van der Waals surface area contributed by atoms with Gasteiger partial charge in [-0.15, -0.1) is 0 Å². The zero-order valence-electron chi connectivity index (χ0n) is 27.2. The van der Waals surface area contributed by atoms with E-state index in [0.29, 0.717) is 12.1 Å². The number of hydrogen-bond donors (Lipinski definition) is 5. The van der Waals surface area contributed by atoms with E-state index in [2.05, 4.69) is 5.16 Å². The van der Waals surface area contributed by atoms with Gasteiger partial charge in [0.05, 0.1) is 41.6 Å². The molecule has 42 heavy (non-hydrogen) atoms. The lowest BCUT2D eigenvalue weighted by atomic mass is 9.73. The van der Waals surface area contributed by atoms with Crippen LogP contribution in [0.3, 0.4) is 0 Å². The van der Waals surface area contributed by atoms with Crippen molar-refractivity contribution >= 4 is 11.7 Å². The number of rotatable bonds is 5. The summed E-state index contributed by atoms with van der Waals surface area (Å²) in [4.78, 5) is 20.3. The molecule has 246 valence electrons. The van der Waals surface area contributed by atoms with Gasteiger partial charge in [-0.3, -0.25) is 4.79 Å². The van der Waals surface area contributed by atoms with E-state index in [1.807, 2.05) is 32.8 Å². The van der Waals surface area contributed by atoms with E-state index in [4.69, 9.17) is 19.0 Å². The van der Waals surface area contributed by atoms with Crippen LogP contribution >= 0.6 is 0 Å². The van der Waals surface area contributed by atoms with Crippen molar-refractivity contribution in [2.75, 3.05) is 21.2 Å². The van der Waals surface area contributed by atoms with Crippen molar-refractivity contribution < 1.29 is 49.4 Å². The predicted octanol–water partition coefficient (Wildman–Crippen LogP) is 1.29. The summed E-state index contributed by atoms with van der Waals surface area (Å²) >= 11 is 0. The molecular weight excluding hydrogens is 548 g/mol. The second kappa shape index (κ2) is 14.6. The van der Waals surface area contributed by atoms with Crippen LogP contribution in [-0.2, 0) is 23.8 Å². The fourth-order valence-electron chi connectivity index (χ4n) is 6.70. The lowest BCUT2D eigenvalue weighted by molar-refractivity contribution is -0.298. The molecule has 0 aromatic heterocycles. The number of nitrogens with zero attached hydrogens (tertiary/aromatic N) is 2. The van der Waals surface area contributed by atoms with Gasteiger partial charge in [-0.2, -0.15) is 0 Å². The zero-order chi connectivity index (χ0) is 32.3. The third kappa shape index (κ3) is 8.01. The molecule has 1 unspecified atom stereocenters. The van der Waals surface area contributed by atoms with E-state index < -0.39 is 77.7 Å². The SMILES string of the molecule is CC[C@H]1OC(=O)[C@H](C)[C@@H](O)[C@H](C)[C@@H](O[C@@H]2O[C@H](C)C[C@H](N(C)C)[C@H]2O)C(C)(O)C[C@@H](C)/C(=N\OC)[C@H](C)[C@@H](O)[C@]1(C)O. The van der Waals surface area contributed by atoms with Crippen LogP contribution < -0.4 is 0 Å². The van der Waals surface area contributed by atoms with Crippen LogP contribution in [0.1, 0.15) is 74.7 Å². The second-order valence-corrected chi connectivity index (χ2v) is 13.2. The highest BCUT2D eigenvalue weighted by molar-refractivity contribution is 5.88. The van der Waals surface area contributed by atoms with Crippen LogP contribution in [0, 0.1) is 23.7 Å². The number of carbonyl (C=O) groups excluding carboxylic acids is 1. The molecule has 0 saturated carbocycles. The number of oxime groups is 1. The van der Waals surface area contributed by atoms with Crippen molar-refractivity contribution in [2.45, 2.75) is 135 Å². The predicted molar refractivity (Wildman–Crippen MR) is 156 cm³/mol. The quantitative estimate of drug-likeness (QED) is 0.226. The van der Waals surface area contributed by atoms with E-state index in [9.17, 15) is 30.3 Å². The molecular formula is C30H56N2O10. The van der Waals surface area contributed by atoms with Gasteiger partial charge in [0.1, 0.15) is 24.9 Å². The summed E-state index contributed by atoms with van der Waals surface area (Å²) in [5.74, 6) is -3.94. The fraction of sp³-hybridized carbons (Fsp3) is 0.933. The van der Waals surface area contributed by atoms with E-state index in [1.54, 1.807) is 27.7 Å². The highest BCUT2D eigenvalue weighted by atomic mass is 16.7. The van der Waals surface area contributed by atoms with Gasteiger partial charge in [-0.1, -0.05) is 32.9 Å². The fourth-order valence-corrected chi connectivity index (χ4v) is 6.70. The van der Waals surface area contributed by atoms with E-state index in [-0.39, 0.29) is 25.0 Å². The molecule has 0 amide bonds. The molecule has 0 bridgehead atoms. The van der Waals surface area contributed by atoms with E-state index >= 15 is 0 Å². The Morgan fingerprint density at radius 2 is 1.62 bits per heavy atom. The molecule has 0 aromatic rings. The molecule has 2 rings (SSSR count). The Bertz CT molecular complexity index is 913. The number of cyclic esters (lactones) is 1. The first-order valence-corrected chi connectivity index (χ1v) is 15.1. The van der Waals surface area contributed by atoms with Crippen molar-refractivity contribution in [1.82, 2.24) is 4.90 Å². The minimum atomic E-state index is -1.86. The lowest BCUT2D eigenvalue weighted by Gasteiger charge is -2.47. The third-order valence-corrected chi connectivity index (χ3v) is 9.31. The topological polar surface area (TPSA) is 171 Å². The van der Waals surface area contributed by atoms with E-state index in [1.165, 1.54) is 21.0 Å². The molecule has 12 nitrogen and oxygen atoms in total. The highest BCUT2D eigenvalue weighted by Gasteiger charge is 2.51. The Morgan fingerprint density at radius 1 is 1.02 bits per heavy atom. The number of likely N-dealkylation sites (N-methyl/N-ethyl adjacent to an activating group) is 1. The number of hydrogen-bond acceptors (Lipinski definition) is 12. The Balaban J connectivity index is 2.63. The van der Waals surface area contributed by atoms with Crippen LogP contribution in [0.25, 0.3) is 0 Å². The Labute approximate surface area is 251 Å². The largest absolute Gasteiger partial charge is 0.459 e. The summed E-state index contributed by atoms with van der Waals surface area (Å²) < 4.78 is 18.1. The van der Waals surface area contributed by atoms with Crippen LogP contribution in [0.2, 0.25) is 0 Å². The maximum absolute atomic E-state index is 13.3. The van der Waals surface area contributed by atoms with Crippen LogP contribution in [0.4, 0.5) is 0 Å². The molecule has 0 radical (unpaired) electrons. The van der Waals surface area contributed by atoms with Crippen LogP contribution in [-0.4, -0.2) is 123 Å². The van der Waals surface area contributed by atoms with Crippen LogP contribution in [0.15, 0.2) is 5.16 Å². The number of aliphatic hydroxyl groups excluding tert-OH is 3. The average Bonchev–Trinajstić information content (AvgIpc) is 2.91. The highest BCUT2D eigenvalue weighted by Crippen LogP contribution is 2.38. The van der Waals surface area contributed by atoms with Crippen molar-refractivity contribution in [1.29, 1.82) is 0 Å². The van der Waals surface area contributed by atoms with Crippen molar-refractivity contribution in [3.05, 3.63) is 0 Å². The maximum Gasteiger partial charge on any atom is 0.311 e. The number of esters is 1. The number of aliphatic hydroxyl groups is 5. The molecule has 5 N–H and O–H groups in total. The van der Waals surface area contributed by atoms with E-state index in [0.717, 1.165) is 0 Å². The molecule has 2 aliphatic rings. The van der Waals surface area contributed by atoms with Gasteiger partial charge in [0.15, 0.2) is 6.29 Å². The first-order valence-electron chi connectivity index (χ1n) is 15.1. The smallest absolute Gasteiger partial charge is 0.311 e. The minimum Gasteiger partial charge on any atom is -0.459 e. The van der Waals surface area contributed by atoms with Crippen molar-refractivity contribution in [2.24, 2.45) is 28.8 Å². The maximum atomic E-state index is 13.3. The first kappa shape index (κ1) is 36.8. The Kier molecular flexibility index (Phi) is 12.8. The molecule has 14 atom stereocenters. The number of carbonyl (C=O) groups is 1. The summed E-state index contributed by atoms with van der Waals surface area (Å²) in [6.45, 7) is 13.2. The second-order valence-electron chi connectivity index (χ2n) is 13.2. The summed E-state index contributed by atoms with van der Waals surface area (Å²) in [6.07, 6.45) is -6.54. The molecule has 2 aliphatic heterocycles. The average molecular weight is 605 g/mol. The summed E-state index contributed by atoms with van der Waals surface area (Å²) in [6, 6.07) is -0.267. The standard InChI is InChI=1S/C30H56N2O10/c1-12-21-30(8,38)25(35)17(4)22(31-39-11)15(2)14-29(7,37)26(18(5)23(33)19(6)27(36)41-21)42-28-24(34)20(32(9)10)13-16(3)40-28/h15-21,23-26,28,33-35,37-38H,12-14H2,1-11H3/b31-22+/t15-,16-,17+,18+,19-,20+,21-,23+,24-,25-,26-,28+,29?,30-/m1/s1. The summed E-state index contributed by atoms with van der Waals surface area (Å²) in [5.41, 5.74) is -3.14. The monoisotopic (exact) mass is 604 g/mol. The molecule has 2 saturated heterocycles. The van der Waals surface area contributed by atoms with Crippen LogP contribution in [0.5, 0.6) is 0 Å². The van der Waals surface area contributed by atoms with Crippen molar-refractivity contribution in [3.63, 3.8) is 0 Å². The molecule has 0 aliphatic carbocycles. The van der Waals surface area contributed by atoms with Gasteiger partial charge in [0.25, 0.3) is 0 Å². The molecule has 2 heterocycles. The Morgan fingerprint density at radius 3 is 2.14 bits per heavy atom. The summed E-state index contributed by atoms with van der Waals surface area (Å²) in [7, 11) is 5.08. The normalized spacial score (nSPS) is 47.6. The van der Waals surface area contributed by atoms with Gasteiger partial charge in [-0.05, 0) is 61.1 Å². The minimum absolute atomic E-state index is 0.0433. The zero-order valence-corrected chi connectivity index (χ0v) is 27.2. The van der Waals surface area contributed by atoms with Gasteiger partial charge in [0, 0.05) is 23.8 Å². The number of ether oxygens (including phenoxy) is 3. The summed E-state index contributed by atoms with van der Waals surface area (Å²) in [5, 5.41) is 61.6. The third-order valence-electron chi connectivity index (χ3n) is 9.31. The molecule has 0 aromatic carbocycles.